The molecule has 1 aliphatic heterocycles. The van der Waals surface area contributed by atoms with Crippen LogP contribution in [0.15, 0.2) is 78.9 Å². The zero-order valence-electron chi connectivity index (χ0n) is 21.9. The summed E-state index contributed by atoms with van der Waals surface area (Å²) in [6.07, 6.45) is 0. The van der Waals surface area contributed by atoms with E-state index in [9.17, 15) is 9.18 Å². The molecule has 0 N–H and O–H groups in total. The molecule has 1 aliphatic rings. The van der Waals surface area contributed by atoms with Gasteiger partial charge in [0.2, 0.25) is 0 Å². The summed E-state index contributed by atoms with van der Waals surface area (Å²) in [7, 11) is 0. The Bertz CT molecular complexity index is 1130. The second-order valence-electron chi connectivity index (χ2n) is 9.83. The number of hydrogen-bond donors (Lipinski definition) is 0. The number of carbonyl (C=O) groups excluding carboxylic acids is 1. The van der Waals surface area contributed by atoms with Gasteiger partial charge in [0.25, 0.3) is 5.91 Å². The van der Waals surface area contributed by atoms with Crippen LogP contribution >= 0.6 is 0 Å². The molecule has 0 bridgehead atoms. The van der Waals surface area contributed by atoms with Gasteiger partial charge in [0.15, 0.2) is 0 Å². The molecule has 190 valence electrons. The zero-order chi connectivity index (χ0) is 25.7. The third-order valence-corrected chi connectivity index (χ3v) is 7.47. The average Bonchev–Trinajstić information content (AvgIpc) is 2.90. The summed E-state index contributed by atoms with van der Waals surface area (Å²) in [5.74, 6) is -0.0622. The maximum atomic E-state index is 14.3. The lowest BCUT2D eigenvalue weighted by atomic mass is 9.92. The van der Waals surface area contributed by atoms with Crippen LogP contribution in [0.3, 0.4) is 0 Å². The van der Waals surface area contributed by atoms with Crippen molar-refractivity contribution in [2.75, 3.05) is 26.2 Å². The smallest absolute Gasteiger partial charge is 0.253 e. The van der Waals surface area contributed by atoms with E-state index in [4.69, 9.17) is 0 Å². The van der Waals surface area contributed by atoms with Gasteiger partial charge in [-0.2, -0.15) is 0 Å². The molecular formula is C31H38FN3O. The van der Waals surface area contributed by atoms with Gasteiger partial charge in [0, 0.05) is 55.9 Å². The standard InChI is InChI=1S/C31H38FN3O/c1-5-33(6-2)31(36)27-18-16-26(17-19-27)30(25-12-8-7-9-13-25)35-21-23(3)34(20-24(35)4)22-28-14-10-11-15-29(28)32/h7-19,23-24,30H,5-6,20-22H2,1-4H3/t23-,24+,30+/m1/s1. The van der Waals surface area contributed by atoms with Crippen LogP contribution in [-0.4, -0.2) is 58.9 Å². The summed E-state index contributed by atoms with van der Waals surface area (Å²) in [5.41, 5.74) is 3.89. The molecule has 36 heavy (non-hydrogen) atoms. The van der Waals surface area contributed by atoms with Gasteiger partial charge < -0.3 is 4.90 Å². The summed E-state index contributed by atoms with van der Waals surface area (Å²) in [6, 6.07) is 26.4. The minimum atomic E-state index is -0.138. The number of amides is 1. The summed E-state index contributed by atoms with van der Waals surface area (Å²) < 4.78 is 14.3. The van der Waals surface area contributed by atoms with Crippen LogP contribution in [0.25, 0.3) is 0 Å². The van der Waals surface area contributed by atoms with E-state index in [2.05, 4.69) is 60.0 Å². The molecule has 1 saturated heterocycles. The Balaban J connectivity index is 1.59. The van der Waals surface area contributed by atoms with Crippen LogP contribution in [0, 0.1) is 5.82 Å². The van der Waals surface area contributed by atoms with E-state index in [1.165, 1.54) is 11.1 Å². The normalized spacial score (nSPS) is 19.7. The van der Waals surface area contributed by atoms with Crippen molar-refractivity contribution in [2.45, 2.75) is 52.4 Å². The number of carbonyl (C=O) groups is 1. The SMILES string of the molecule is CCN(CC)C(=O)c1ccc([C@H](c2ccccc2)N2C[C@@H](C)N(Cc3ccccc3F)C[C@@H]2C)cc1. The molecule has 3 aromatic rings. The molecule has 0 unspecified atom stereocenters. The Hall–Kier alpha value is -3.02. The van der Waals surface area contributed by atoms with Crippen molar-refractivity contribution in [1.82, 2.24) is 14.7 Å². The molecule has 0 aromatic heterocycles. The Morgan fingerprint density at radius 3 is 2.11 bits per heavy atom. The van der Waals surface area contributed by atoms with Crippen molar-refractivity contribution >= 4 is 5.91 Å². The molecular weight excluding hydrogens is 449 g/mol. The van der Waals surface area contributed by atoms with Gasteiger partial charge >= 0.3 is 0 Å². The molecule has 0 radical (unpaired) electrons. The molecule has 3 atom stereocenters. The highest BCUT2D eigenvalue weighted by Gasteiger charge is 2.35. The van der Waals surface area contributed by atoms with E-state index in [-0.39, 0.29) is 29.8 Å². The molecule has 0 saturated carbocycles. The fourth-order valence-electron chi connectivity index (χ4n) is 5.36. The first-order chi connectivity index (χ1) is 17.4. The number of rotatable bonds is 8. The Labute approximate surface area is 215 Å². The van der Waals surface area contributed by atoms with Crippen LogP contribution in [-0.2, 0) is 6.54 Å². The lowest BCUT2D eigenvalue weighted by Crippen LogP contribution is -2.56. The lowest BCUT2D eigenvalue weighted by molar-refractivity contribution is 0.0190. The number of nitrogens with zero attached hydrogens (tertiary/aromatic N) is 3. The fraction of sp³-hybridized carbons (Fsp3) is 0.387. The maximum Gasteiger partial charge on any atom is 0.253 e. The summed E-state index contributed by atoms with van der Waals surface area (Å²) >= 11 is 0. The molecule has 5 heteroatoms. The first-order valence-corrected chi connectivity index (χ1v) is 13.1. The lowest BCUT2D eigenvalue weighted by Gasteiger charge is -2.47. The maximum absolute atomic E-state index is 14.3. The Morgan fingerprint density at radius 1 is 0.861 bits per heavy atom. The van der Waals surface area contributed by atoms with Crippen molar-refractivity contribution < 1.29 is 9.18 Å². The first-order valence-electron chi connectivity index (χ1n) is 13.1. The van der Waals surface area contributed by atoms with Crippen LogP contribution < -0.4 is 0 Å². The summed E-state index contributed by atoms with van der Waals surface area (Å²) in [4.78, 5) is 19.6. The van der Waals surface area contributed by atoms with E-state index < -0.39 is 0 Å². The summed E-state index contributed by atoms with van der Waals surface area (Å²) in [6.45, 7) is 12.3. The average molecular weight is 488 g/mol. The van der Waals surface area contributed by atoms with Gasteiger partial charge in [0.05, 0.1) is 6.04 Å². The summed E-state index contributed by atoms with van der Waals surface area (Å²) in [5, 5.41) is 0. The molecule has 3 aromatic carbocycles. The molecule has 1 amide bonds. The van der Waals surface area contributed by atoms with Gasteiger partial charge in [0.1, 0.15) is 5.82 Å². The quantitative estimate of drug-likeness (QED) is 0.390. The largest absolute Gasteiger partial charge is 0.339 e. The van der Waals surface area contributed by atoms with E-state index in [0.717, 1.165) is 24.2 Å². The van der Waals surface area contributed by atoms with Crippen molar-refractivity contribution in [2.24, 2.45) is 0 Å². The van der Waals surface area contributed by atoms with Crippen molar-refractivity contribution in [3.8, 4) is 0 Å². The van der Waals surface area contributed by atoms with Gasteiger partial charge in [-0.1, -0.05) is 60.7 Å². The number of piperazine rings is 1. The van der Waals surface area contributed by atoms with E-state index in [1.807, 2.05) is 49.1 Å². The number of halogens is 1. The fourth-order valence-corrected chi connectivity index (χ4v) is 5.36. The zero-order valence-corrected chi connectivity index (χ0v) is 21.9. The molecule has 1 heterocycles. The second-order valence-corrected chi connectivity index (χ2v) is 9.83. The Kier molecular flexibility index (Phi) is 8.55. The number of benzene rings is 3. The van der Waals surface area contributed by atoms with Crippen molar-refractivity contribution in [1.29, 1.82) is 0 Å². The van der Waals surface area contributed by atoms with E-state index in [1.54, 1.807) is 12.1 Å². The van der Waals surface area contributed by atoms with Crippen molar-refractivity contribution in [3.05, 3.63) is 107 Å². The number of hydrogen-bond acceptors (Lipinski definition) is 3. The topological polar surface area (TPSA) is 26.8 Å². The predicted octanol–water partition coefficient (Wildman–Crippen LogP) is 5.99. The van der Waals surface area contributed by atoms with Crippen LogP contribution in [0.5, 0.6) is 0 Å². The van der Waals surface area contributed by atoms with Crippen LogP contribution in [0.4, 0.5) is 4.39 Å². The second kappa shape index (κ2) is 11.8. The first kappa shape index (κ1) is 26.1. The molecule has 4 nitrogen and oxygen atoms in total. The molecule has 4 rings (SSSR count). The minimum absolute atomic E-state index is 0.0755. The highest BCUT2D eigenvalue weighted by atomic mass is 19.1. The van der Waals surface area contributed by atoms with Gasteiger partial charge in [-0.05, 0) is 57.0 Å². The van der Waals surface area contributed by atoms with Crippen molar-refractivity contribution in [3.63, 3.8) is 0 Å². The highest BCUT2D eigenvalue weighted by Crippen LogP contribution is 2.34. The predicted molar refractivity (Wildman–Crippen MR) is 144 cm³/mol. The van der Waals surface area contributed by atoms with E-state index in [0.29, 0.717) is 19.6 Å². The van der Waals surface area contributed by atoms with Crippen LogP contribution in [0.1, 0.15) is 60.8 Å². The minimum Gasteiger partial charge on any atom is -0.339 e. The third kappa shape index (κ3) is 5.69. The Morgan fingerprint density at radius 2 is 1.47 bits per heavy atom. The highest BCUT2D eigenvalue weighted by molar-refractivity contribution is 5.94. The third-order valence-electron chi connectivity index (χ3n) is 7.47. The van der Waals surface area contributed by atoms with Gasteiger partial charge in [-0.3, -0.25) is 14.6 Å². The van der Waals surface area contributed by atoms with Gasteiger partial charge in [-0.15, -0.1) is 0 Å². The van der Waals surface area contributed by atoms with Crippen LogP contribution in [0.2, 0.25) is 0 Å². The van der Waals surface area contributed by atoms with E-state index >= 15 is 0 Å². The van der Waals surface area contributed by atoms with Gasteiger partial charge in [-0.25, -0.2) is 4.39 Å². The molecule has 0 aliphatic carbocycles. The molecule has 1 fully saturated rings. The molecule has 0 spiro atoms. The monoisotopic (exact) mass is 487 g/mol.